The zero-order valence-corrected chi connectivity index (χ0v) is 15.6. The molecule has 1 fully saturated rings. The van der Waals surface area contributed by atoms with Crippen LogP contribution in [0.3, 0.4) is 0 Å². The van der Waals surface area contributed by atoms with Crippen LogP contribution in [0.4, 0.5) is 8.78 Å². The molecule has 148 valence electrons. The summed E-state index contributed by atoms with van der Waals surface area (Å²) in [4.78, 5) is 4.67. The molecular weight excluding hydrogens is 376 g/mol. The van der Waals surface area contributed by atoms with Crippen LogP contribution in [0.1, 0.15) is 12.8 Å². The number of ether oxygens (including phenoxy) is 1. The first-order valence-electron chi connectivity index (χ1n) is 9.61. The Bertz CT molecular complexity index is 1180. The number of fused-ring (bicyclic) bond motifs is 2. The summed E-state index contributed by atoms with van der Waals surface area (Å²) in [5.41, 5.74) is 1.75. The molecule has 1 N–H and O–H groups in total. The average Bonchev–Trinajstić information content (AvgIpc) is 3.06. The molecule has 29 heavy (non-hydrogen) atoms. The maximum Gasteiger partial charge on any atom is 0.187 e. The van der Waals surface area contributed by atoms with E-state index in [0.717, 1.165) is 0 Å². The minimum Gasteiger partial charge on any atom is -0.485 e. The second-order valence-electron chi connectivity index (χ2n) is 7.12. The van der Waals surface area contributed by atoms with E-state index in [9.17, 15) is 8.78 Å². The molecule has 0 aliphatic carbocycles. The Kier molecular flexibility index (Phi) is 4.55. The first-order chi connectivity index (χ1) is 14.2. The zero-order valence-electron chi connectivity index (χ0n) is 15.6. The Morgan fingerprint density at radius 1 is 1.07 bits per heavy atom. The molecular formula is C21H19F2N5O. The molecule has 5 rings (SSSR count). The Morgan fingerprint density at radius 3 is 2.90 bits per heavy atom. The van der Waals surface area contributed by atoms with Gasteiger partial charge in [-0.05, 0) is 50.2 Å². The Labute approximate surface area is 165 Å². The van der Waals surface area contributed by atoms with Crippen LogP contribution >= 0.6 is 0 Å². The average molecular weight is 395 g/mol. The molecule has 1 aliphatic rings. The fourth-order valence-corrected chi connectivity index (χ4v) is 3.67. The molecule has 0 unspecified atom stereocenters. The van der Waals surface area contributed by atoms with Gasteiger partial charge in [0.1, 0.15) is 35.1 Å². The van der Waals surface area contributed by atoms with Gasteiger partial charge in [0.25, 0.3) is 0 Å². The number of hydrogen-bond donors (Lipinski definition) is 1. The van der Waals surface area contributed by atoms with Gasteiger partial charge in [0, 0.05) is 17.6 Å². The first kappa shape index (κ1) is 17.9. The molecule has 0 radical (unpaired) electrons. The lowest BCUT2D eigenvalue weighted by atomic mass is 10.1. The number of benzene rings is 1. The number of alkyl halides is 1. The Balaban J connectivity index is 1.59. The van der Waals surface area contributed by atoms with Crippen molar-refractivity contribution in [3.05, 3.63) is 54.5 Å². The quantitative estimate of drug-likeness (QED) is 0.575. The molecule has 1 aromatic carbocycles. The van der Waals surface area contributed by atoms with E-state index < -0.39 is 18.1 Å². The normalized spacial score (nSPS) is 20.1. The lowest BCUT2D eigenvalue weighted by molar-refractivity contribution is 0.0980. The first-order valence-corrected chi connectivity index (χ1v) is 9.61. The number of aromatic nitrogens is 4. The van der Waals surface area contributed by atoms with Gasteiger partial charge in [-0.25, -0.2) is 13.8 Å². The van der Waals surface area contributed by atoms with Gasteiger partial charge in [0.05, 0.1) is 0 Å². The van der Waals surface area contributed by atoms with E-state index in [-0.39, 0.29) is 5.75 Å². The third-order valence-corrected chi connectivity index (χ3v) is 5.15. The van der Waals surface area contributed by atoms with Gasteiger partial charge >= 0.3 is 0 Å². The SMILES string of the molecule is Fc1cc(O[C@H]2CCNCC[C@@H]2F)c2nc(-c3nnc4ccccn34)ccc2c1. The summed E-state index contributed by atoms with van der Waals surface area (Å²) in [7, 11) is 0. The topological polar surface area (TPSA) is 64.3 Å². The van der Waals surface area contributed by atoms with E-state index >= 15 is 0 Å². The molecule has 1 saturated heterocycles. The molecule has 4 heterocycles. The van der Waals surface area contributed by atoms with Crippen LogP contribution in [-0.2, 0) is 0 Å². The van der Waals surface area contributed by atoms with E-state index in [0.29, 0.717) is 54.0 Å². The van der Waals surface area contributed by atoms with Crippen LogP contribution in [0.5, 0.6) is 5.75 Å². The smallest absolute Gasteiger partial charge is 0.187 e. The molecule has 8 heteroatoms. The lowest BCUT2D eigenvalue weighted by Gasteiger charge is -2.21. The fraction of sp³-hybridized carbons (Fsp3) is 0.286. The highest BCUT2D eigenvalue weighted by Crippen LogP contribution is 2.30. The van der Waals surface area contributed by atoms with Crippen molar-refractivity contribution in [1.29, 1.82) is 0 Å². The number of rotatable bonds is 3. The predicted molar refractivity (Wildman–Crippen MR) is 105 cm³/mol. The molecule has 1 aliphatic heterocycles. The van der Waals surface area contributed by atoms with Crippen LogP contribution in [0.2, 0.25) is 0 Å². The zero-order chi connectivity index (χ0) is 19.8. The third-order valence-electron chi connectivity index (χ3n) is 5.15. The van der Waals surface area contributed by atoms with Crippen LogP contribution < -0.4 is 10.1 Å². The van der Waals surface area contributed by atoms with Gasteiger partial charge in [0.2, 0.25) is 0 Å². The van der Waals surface area contributed by atoms with Crippen molar-refractivity contribution >= 4 is 16.6 Å². The highest BCUT2D eigenvalue weighted by Gasteiger charge is 2.26. The highest BCUT2D eigenvalue weighted by atomic mass is 19.1. The maximum atomic E-state index is 14.5. The standard InChI is InChI=1S/C21H19F2N5O/c22-14-11-13-4-5-16(21-27-26-19-3-1-2-10-28(19)21)25-20(13)18(12-14)29-17-7-9-24-8-6-15(17)23/h1-5,10-12,15,17,24H,6-9H2/t15-,17-/m0/s1. The second-order valence-corrected chi connectivity index (χ2v) is 7.12. The summed E-state index contributed by atoms with van der Waals surface area (Å²) < 4.78 is 36.4. The van der Waals surface area contributed by atoms with E-state index in [4.69, 9.17) is 4.74 Å². The molecule has 0 saturated carbocycles. The minimum absolute atomic E-state index is 0.241. The van der Waals surface area contributed by atoms with Gasteiger partial charge in [-0.3, -0.25) is 4.40 Å². The second kappa shape index (κ2) is 7.36. The van der Waals surface area contributed by atoms with E-state index in [1.807, 2.05) is 28.8 Å². The van der Waals surface area contributed by atoms with E-state index in [1.54, 1.807) is 12.1 Å². The number of nitrogens with one attached hydrogen (secondary N) is 1. The fourth-order valence-electron chi connectivity index (χ4n) is 3.67. The van der Waals surface area contributed by atoms with Crippen LogP contribution in [0.25, 0.3) is 28.1 Å². The monoisotopic (exact) mass is 395 g/mol. The molecule has 4 aromatic rings. The van der Waals surface area contributed by atoms with Crippen molar-refractivity contribution in [3.8, 4) is 17.3 Å². The maximum absolute atomic E-state index is 14.5. The van der Waals surface area contributed by atoms with Crippen LogP contribution in [-0.4, -0.2) is 44.9 Å². The van der Waals surface area contributed by atoms with Gasteiger partial charge in [0.15, 0.2) is 11.5 Å². The molecule has 6 nitrogen and oxygen atoms in total. The molecule has 0 bridgehead atoms. The summed E-state index contributed by atoms with van der Waals surface area (Å²) in [6, 6.07) is 11.8. The van der Waals surface area contributed by atoms with Gasteiger partial charge in [-0.1, -0.05) is 12.1 Å². The van der Waals surface area contributed by atoms with Crippen molar-refractivity contribution in [2.24, 2.45) is 0 Å². The number of pyridine rings is 2. The van der Waals surface area contributed by atoms with E-state index in [1.165, 1.54) is 12.1 Å². The molecule has 0 amide bonds. The van der Waals surface area contributed by atoms with Crippen molar-refractivity contribution < 1.29 is 13.5 Å². The molecule has 0 spiro atoms. The Morgan fingerprint density at radius 2 is 1.97 bits per heavy atom. The van der Waals surface area contributed by atoms with Crippen molar-refractivity contribution in [3.63, 3.8) is 0 Å². The van der Waals surface area contributed by atoms with Crippen LogP contribution in [0.15, 0.2) is 48.7 Å². The van der Waals surface area contributed by atoms with Crippen molar-refractivity contribution in [2.45, 2.75) is 25.1 Å². The van der Waals surface area contributed by atoms with Crippen molar-refractivity contribution in [1.82, 2.24) is 24.9 Å². The summed E-state index contributed by atoms with van der Waals surface area (Å²) in [6.45, 7) is 1.26. The summed E-state index contributed by atoms with van der Waals surface area (Å²) in [5.74, 6) is 0.363. The number of hydrogen-bond acceptors (Lipinski definition) is 5. The van der Waals surface area contributed by atoms with Gasteiger partial charge in [-0.2, -0.15) is 0 Å². The summed E-state index contributed by atoms with van der Waals surface area (Å²) in [6.07, 6.45) is 0.960. The third kappa shape index (κ3) is 3.40. The highest BCUT2D eigenvalue weighted by molar-refractivity contribution is 5.86. The molecule has 3 aromatic heterocycles. The predicted octanol–water partition coefficient (Wildman–Crippen LogP) is 3.55. The minimum atomic E-state index is -1.12. The number of halogens is 2. The van der Waals surface area contributed by atoms with Gasteiger partial charge < -0.3 is 10.1 Å². The van der Waals surface area contributed by atoms with Crippen LogP contribution in [0, 0.1) is 5.82 Å². The summed E-state index contributed by atoms with van der Waals surface area (Å²) >= 11 is 0. The van der Waals surface area contributed by atoms with Gasteiger partial charge in [-0.15, -0.1) is 10.2 Å². The van der Waals surface area contributed by atoms with Crippen molar-refractivity contribution in [2.75, 3.05) is 13.1 Å². The lowest BCUT2D eigenvalue weighted by Crippen LogP contribution is -2.28. The molecule has 2 atom stereocenters. The largest absolute Gasteiger partial charge is 0.485 e. The Hall–Kier alpha value is -3.13. The van der Waals surface area contributed by atoms with E-state index in [2.05, 4.69) is 20.5 Å². The summed E-state index contributed by atoms with van der Waals surface area (Å²) in [5, 5.41) is 12.1. The number of nitrogens with zero attached hydrogens (tertiary/aromatic N) is 4.